The molecule has 1 aromatic carbocycles. The summed E-state index contributed by atoms with van der Waals surface area (Å²) < 4.78 is 5.33. The van der Waals surface area contributed by atoms with Gasteiger partial charge in [0.15, 0.2) is 0 Å². The first-order valence-electron chi connectivity index (χ1n) is 4.86. The average molecular weight is 209 g/mol. The van der Waals surface area contributed by atoms with Crippen LogP contribution in [0.3, 0.4) is 0 Å². The highest BCUT2D eigenvalue weighted by atomic mass is 32.2. The van der Waals surface area contributed by atoms with Crippen molar-refractivity contribution in [1.82, 2.24) is 0 Å². The summed E-state index contributed by atoms with van der Waals surface area (Å²) >= 11 is 1.89. The van der Waals surface area contributed by atoms with Crippen molar-refractivity contribution in [2.75, 3.05) is 19.4 Å². The lowest BCUT2D eigenvalue weighted by molar-refractivity contribution is 0.404. The Morgan fingerprint density at radius 1 is 1.57 bits per heavy atom. The summed E-state index contributed by atoms with van der Waals surface area (Å²) in [6.07, 6.45) is 1.08. The molecular weight excluding hydrogens is 194 g/mol. The smallest absolute Gasteiger partial charge is 0.132 e. The quantitative estimate of drug-likeness (QED) is 0.829. The Labute approximate surface area is 88.8 Å². The summed E-state index contributed by atoms with van der Waals surface area (Å²) in [5.41, 5.74) is 7.01. The summed E-state index contributed by atoms with van der Waals surface area (Å²) in [6, 6.07) is 6.28. The summed E-state index contributed by atoms with van der Waals surface area (Å²) in [5.74, 6) is 2.77. The fraction of sp³-hybridized carbons (Fsp3) is 0.455. The first kappa shape index (κ1) is 9.87. The molecule has 0 aromatic heterocycles. The Hall–Kier alpha value is -0.670. The van der Waals surface area contributed by atoms with Gasteiger partial charge in [-0.15, -0.1) is 11.8 Å². The van der Waals surface area contributed by atoms with E-state index in [0.29, 0.717) is 5.92 Å². The van der Waals surface area contributed by atoms with E-state index in [1.807, 2.05) is 17.8 Å². The van der Waals surface area contributed by atoms with Crippen LogP contribution >= 0.6 is 11.8 Å². The van der Waals surface area contributed by atoms with Crippen molar-refractivity contribution in [1.29, 1.82) is 0 Å². The molecule has 2 N–H and O–H groups in total. The molecule has 3 heteroatoms. The molecule has 2 rings (SSSR count). The SMILES string of the molecule is COc1cccc2c1SCC2CCN. The lowest BCUT2D eigenvalue weighted by Crippen LogP contribution is -2.06. The molecule has 0 aliphatic carbocycles. The van der Waals surface area contributed by atoms with Gasteiger partial charge in [-0.25, -0.2) is 0 Å². The Kier molecular flexibility index (Phi) is 2.99. The van der Waals surface area contributed by atoms with Crippen LogP contribution in [0.4, 0.5) is 0 Å². The van der Waals surface area contributed by atoms with E-state index in [9.17, 15) is 0 Å². The van der Waals surface area contributed by atoms with Crippen molar-refractivity contribution in [2.24, 2.45) is 5.73 Å². The molecule has 0 amide bonds. The van der Waals surface area contributed by atoms with Crippen LogP contribution < -0.4 is 10.5 Å². The molecule has 2 nitrogen and oxygen atoms in total. The van der Waals surface area contributed by atoms with Crippen LogP contribution in [-0.4, -0.2) is 19.4 Å². The fourth-order valence-electron chi connectivity index (χ4n) is 1.88. The molecule has 0 fully saturated rings. The highest BCUT2D eigenvalue weighted by molar-refractivity contribution is 7.99. The van der Waals surface area contributed by atoms with Crippen molar-refractivity contribution in [3.63, 3.8) is 0 Å². The first-order chi connectivity index (χ1) is 6.86. The highest BCUT2D eigenvalue weighted by Crippen LogP contribution is 2.45. The summed E-state index contributed by atoms with van der Waals surface area (Å²) in [4.78, 5) is 1.31. The van der Waals surface area contributed by atoms with Crippen molar-refractivity contribution < 1.29 is 4.74 Å². The largest absolute Gasteiger partial charge is 0.496 e. The maximum absolute atomic E-state index is 5.60. The van der Waals surface area contributed by atoms with Gasteiger partial charge in [0.2, 0.25) is 0 Å². The average Bonchev–Trinajstić information content (AvgIpc) is 2.62. The molecule has 1 unspecified atom stereocenters. The van der Waals surface area contributed by atoms with Crippen LogP contribution in [-0.2, 0) is 0 Å². The lowest BCUT2D eigenvalue weighted by Gasteiger charge is -2.09. The van der Waals surface area contributed by atoms with Crippen LogP contribution in [0.5, 0.6) is 5.75 Å². The van der Waals surface area contributed by atoms with E-state index in [0.717, 1.165) is 24.5 Å². The fourth-order valence-corrected chi connectivity index (χ4v) is 3.29. The van der Waals surface area contributed by atoms with E-state index >= 15 is 0 Å². The number of thioether (sulfide) groups is 1. The molecule has 1 aliphatic rings. The van der Waals surface area contributed by atoms with Gasteiger partial charge in [-0.2, -0.15) is 0 Å². The molecule has 0 saturated carbocycles. The number of methoxy groups -OCH3 is 1. The van der Waals surface area contributed by atoms with Gasteiger partial charge in [-0.3, -0.25) is 0 Å². The van der Waals surface area contributed by atoms with Gasteiger partial charge in [0, 0.05) is 5.75 Å². The lowest BCUT2D eigenvalue weighted by atomic mass is 9.98. The Morgan fingerprint density at radius 2 is 2.43 bits per heavy atom. The maximum atomic E-state index is 5.60. The number of rotatable bonds is 3. The normalized spacial score (nSPS) is 19.4. The van der Waals surface area contributed by atoms with Gasteiger partial charge in [0.05, 0.1) is 12.0 Å². The summed E-state index contributed by atoms with van der Waals surface area (Å²) in [5, 5.41) is 0. The van der Waals surface area contributed by atoms with Gasteiger partial charge < -0.3 is 10.5 Å². The number of benzene rings is 1. The van der Waals surface area contributed by atoms with Crippen molar-refractivity contribution in [2.45, 2.75) is 17.2 Å². The molecule has 0 spiro atoms. The number of ether oxygens (including phenoxy) is 1. The molecule has 0 saturated heterocycles. The zero-order chi connectivity index (χ0) is 9.97. The molecule has 1 heterocycles. The molecule has 76 valence electrons. The summed E-state index contributed by atoms with van der Waals surface area (Å²) in [6.45, 7) is 0.766. The zero-order valence-electron chi connectivity index (χ0n) is 8.32. The van der Waals surface area contributed by atoms with Gasteiger partial charge in [-0.05, 0) is 30.5 Å². The molecule has 1 atom stereocenters. The number of nitrogens with two attached hydrogens (primary N) is 1. The Morgan fingerprint density at radius 3 is 3.14 bits per heavy atom. The number of fused-ring (bicyclic) bond motifs is 1. The molecule has 1 aromatic rings. The van der Waals surface area contributed by atoms with Gasteiger partial charge >= 0.3 is 0 Å². The predicted octanol–water partition coefficient (Wildman–Crippen LogP) is 2.23. The third-order valence-electron chi connectivity index (χ3n) is 2.61. The molecule has 14 heavy (non-hydrogen) atoms. The van der Waals surface area contributed by atoms with Gasteiger partial charge in [-0.1, -0.05) is 12.1 Å². The van der Waals surface area contributed by atoms with Crippen LogP contribution in [0.1, 0.15) is 17.9 Å². The minimum absolute atomic E-state index is 0.620. The van der Waals surface area contributed by atoms with Crippen LogP contribution in [0.25, 0.3) is 0 Å². The maximum Gasteiger partial charge on any atom is 0.132 e. The van der Waals surface area contributed by atoms with Crippen molar-refractivity contribution >= 4 is 11.8 Å². The minimum atomic E-state index is 0.620. The second kappa shape index (κ2) is 4.24. The third kappa shape index (κ3) is 1.62. The monoisotopic (exact) mass is 209 g/mol. The van der Waals surface area contributed by atoms with Crippen molar-refractivity contribution in [3.8, 4) is 5.75 Å². The Bertz CT molecular complexity index is 327. The molecule has 1 aliphatic heterocycles. The third-order valence-corrected chi connectivity index (χ3v) is 3.91. The van der Waals surface area contributed by atoms with Crippen LogP contribution in [0.2, 0.25) is 0 Å². The first-order valence-corrected chi connectivity index (χ1v) is 5.85. The zero-order valence-corrected chi connectivity index (χ0v) is 9.14. The van der Waals surface area contributed by atoms with E-state index in [4.69, 9.17) is 10.5 Å². The topological polar surface area (TPSA) is 35.2 Å². The number of hydrogen-bond donors (Lipinski definition) is 1. The van der Waals surface area contributed by atoms with E-state index in [1.54, 1.807) is 7.11 Å². The molecular formula is C11H15NOS. The van der Waals surface area contributed by atoms with Crippen LogP contribution in [0, 0.1) is 0 Å². The summed E-state index contributed by atoms with van der Waals surface area (Å²) in [7, 11) is 1.73. The second-order valence-corrected chi connectivity index (χ2v) is 4.49. The second-order valence-electron chi connectivity index (χ2n) is 3.46. The number of hydrogen-bond acceptors (Lipinski definition) is 3. The van der Waals surface area contributed by atoms with Gasteiger partial charge in [0.1, 0.15) is 5.75 Å². The molecule has 0 bridgehead atoms. The van der Waals surface area contributed by atoms with Gasteiger partial charge in [0.25, 0.3) is 0 Å². The van der Waals surface area contributed by atoms with E-state index in [2.05, 4.69) is 12.1 Å². The predicted molar refractivity (Wildman–Crippen MR) is 60.1 cm³/mol. The van der Waals surface area contributed by atoms with E-state index in [-0.39, 0.29) is 0 Å². The molecule has 0 radical (unpaired) electrons. The van der Waals surface area contributed by atoms with Crippen molar-refractivity contribution in [3.05, 3.63) is 23.8 Å². The highest BCUT2D eigenvalue weighted by Gasteiger charge is 2.24. The van der Waals surface area contributed by atoms with Crippen LogP contribution in [0.15, 0.2) is 23.1 Å². The standard InChI is InChI=1S/C11H15NOS/c1-13-10-4-2-3-9-8(5-6-12)7-14-11(9)10/h2-4,8H,5-7,12H2,1H3. The van der Waals surface area contributed by atoms with E-state index in [1.165, 1.54) is 10.5 Å². The Balaban J connectivity index is 2.31. The minimum Gasteiger partial charge on any atom is -0.496 e. The van der Waals surface area contributed by atoms with E-state index < -0.39 is 0 Å².